The van der Waals surface area contributed by atoms with Crippen molar-refractivity contribution in [3.8, 4) is 0 Å². The summed E-state index contributed by atoms with van der Waals surface area (Å²) in [5, 5.41) is 17.7. The first-order valence-electron chi connectivity index (χ1n) is 8.72. The minimum absolute atomic E-state index is 0.0575. The number of anilines is 1. The van der Waals surface area contributed by atoms with Gasteiger partial charge in [0.25, 0.3) is 0 Å². The molecule has 0 bridgehead atoms. The highest BCUT2D eigenvalue weighted by Gasteiger charge is 2.25. The number of nitrogens with one attached hydrogen (secondary N) is 2. The molecule has 8 nitrogen and oxygen atoms in total. The fourth-order valence-corrected chi connectivity index (χ4v) is 3.80. The van der Waals surface area contributed by atoms with Gasteiger partial charge in [0.15, 0.2) is 16.6 Å². The number of aromatic nitrogens is 4. The molecule has 1 unspecified atom stereocenters. The van der Waals surface area contributed by atoms with Crippen molar-refractivity contribution in [2.75, 3.05) is 18.4 Å². The van der Waals surface area contributed by atoms with Crippen LogP contribution in [0.5, 0.6) is 0 Å². The molecule has 1 aliphatic rings. The summed E-state index contributed by atoms with van der Waals surface area (Å²) in [5.41, 5.74) is 0.776. The van der Waals surface area contributed by atoms with Gasteiger partial charge in [0.1, 0.15) is 0 Å². The van der Waals surface area contributed by atoms with E-state index in [2.05, 4.69) is 25.8 Å². The molecule has 1 fully saturated rings. The molecule has 2 N–H and O–H groups in total. The zero-order valence-electron chi connectivity index (χ0n) is 14.5. The van der Waals surface area contributed by atoms with E-state index in [1.54, 1.807) is 17.5 Å². The predicted octanol–water partition coefficient (Wildman–Crippen LogP) is 2.53. The molecule has 0 aliphatic carbocycles. The molecule has 0 saturated carbocycles. The number of hydrogen-bond donors (Lipinski definition) is 2. The zero-order valence-corrected chi connectivity index (χ0v) is 15.3. The number of carbonyl (C=O) groups is 1. The van der Waals surface area contributed by atoms with Crippen LogP contribution < -0.4 is 10.6 Å². The second-order valence-corrected chi connectivity index (χ2v) is 7.30. The Balaban J connectivity index is 1.32. The number of hydrogen-bond acceptors (Lipinski definition) is 6. The summed E-state index contributed by atoms with van der Waals surface area (Å²) in [7, 11) is 0. The first-order chi connectivity index (χ1) is 12.7. The number of nitrogens with zero attached hydrogens (tertiary/aromatic N) is 5. The number of amides is 2. The molecule has 9 heteroatoms. The number of piperidine rings is 1. The number of rotatable bonds is 4. The van der Waals surface area contributed by atoms with Crippen LogP contribution in [0.3, 0.4) is 0 Å². The van der Waals surface area contributed by atoms with E-state index in [1.165, 1.54) is 0 Å². The van der Waals surface area contributed by atoms with Gasteiger partial charge >= 0.3 is 6.03 Å². The number of fused-ring (bicyclic) bond motifs is 1. The van der Waals surface area contributed by atoms with Crippen molar-refractivity contribution in [3.63, 3.8) is 0 Å². The smallest absolute Gasteiger partial charge is 0.317 e. The minimum atomic E-state index is -0.217. The predicted molar refractivity (Wildman–Crippen MR) is 100 cm³/mol. The maximum atomic E-state index is 12.6. The van der Waals surface area contributed by atoms with Crippen molar-refractivity contribution in [2.24, 2.45) is 0 Å². The fraction of sp³-hybridized carbons (Fsp3) is 0.412. The average molecular weight is 371 g/mol. The normalized spacial score (nSPS) is 16.6. The van der Waals surface area contributed by atoms with Gasteiger partial charge in [-0.1, -0.05) is 6.07 Å². The summed E-state index contributed by atoms with van der Waals surface area (Å²) in [4.78, 5) is 18.7. The molecule has 1 aliphatic heterocycles. The second-order valence-electron chi connectivity index (χ2n) is 6.40. The number of carbonyl (C=O) groups excluding carboxylic acids is 1. The van der Waals surface area contributed by atoms with Crippen LogP contribution in [0.4, 0.5) is 9.93 Å². The fourth-order valence-electron chi connectivity index (χ4n) is 3.19. The van der Waals surface area contributed by atoms with E-state index in [9.17, 15) is 4.79 Å². The van der Waals surface area contributed by atoms with E-state index >= 15 is 0 Å². The Morgan fingerprint density at radius 2 is 2.15 bits per heavy atom. The summed E-state index contributed by atoms with van der Waals surface area (Å²) >= 11 is 1.60. The molecule has 3 aromatic heterocycles. The lowest BCUT2D eigenvalue weighted by Gasteiger charge is -2.33. The van der Waals surface area contributed by atoms with Gasteiger partial charge in [-0.15, -0.1) is 21.5 Å². The van der Waals surface area contributed by atoms with E-state index in [0.717, 1.165) is 42.5 Å². The van der Waals surface area contributed by atoms with Crippen LogP contribution in [0.1, 0.15) is 31.6 Å². The molecule has 1 saturated heterocycles. The van der Waals surface area contributed by atoms with Gasteiger partial charge in [-0.3, -0.25) is 4.40 Å². The van der Waals surface area contributed by atoms with Gasteiger partial charge in [-0.2, -0.15) is 0 Å². The van der Waals surface area contributed by atoms with Crippen LogP contribution >= 0.6 is 11.3 Å². The van der Waals surface area contributed by atoms with Crippen molar-refractivity contribution in [1.29, 1.82) is 0 Å². The Morgan fingerprint density at radius 3 is 2.92 bits per heavy atom. The van der Waals surface area contributed by atoms with Crippen LogP contribution in [-0.4, -0.2) is 49.6 Å². The molecule has 1 atom stereocenters. The van der Waals surface area contributed by atoms with Gasteiger partial charge in [0.05, 0.1) is 6.04 Å². The molecule has 136 valence electrons. The van der Waals surface area contributed by atoms with Crippen molar-refractivity contribution in [2.45, 2.75) is 31.8 Å². The third-order valence-electron chi connectivity index (χ3n) is 4.61. The summed E-state index contributed by atoms with van der Waals surface area (Å²) in [6, 6.07) is 5.83. The second kappa shape index (κ2) is 7.28. The van der Waals surface area contributed by atoms with Crippen molar-refractivity contribution in [1.82, 2.24) is 29.8 Å². The standard InChI is InChI=1S/C17H21N7OS/c1-12(15-22-21-14-4-2-3-8-24(14)15)19-17(25)23-9-5-13(6-10-23)20-16-18-7-11-26-16/h2-4,7-8,11-13H,5-6,9-10H2,1H3,(H,18,20)(H,19,25). The lowest BCUT2D eigenvalue weighted by molar-refractivity contribution is 0.180. The Labute approximate surface area is 155 Å². The van der Waals surface area contributed by atoms with Crippen LogP contribution in [0, 0.1) is 0 Å². The largest absolute Gasteiger partial charge is 0.359 e. The molecule has 2 amide bonds. The molecule has 3 aromatic rings. The lowest BCUT2D eigenvalue weighted by Crippen LogP contribution is -2.47. The molecule has 0 spiro atoms. The van der Waals surface area contributed by atoms with Gasteiger partial charge in [-0.05, 0) is 31.9 Å². The Hall–Kier alpha value is -2.68. The number of urea groups is 1. The number of thiazole rings is 1. The van der Waals surface area contributed by atoms with E-state index in [-0.39, 0.29) is 12.1 Å². The average Bonchev–Trinajstić information content (AvgIpc) is 3.31. The Morgan fingerprint density at radius 1 is 1.31 bits per heavy atom. The number of pyridine rings is 1. The summed E-state index contributed by atoms with van der Waals surface area (Å²) in [6.45, 7) is 3.38. The minimum Gasteiger partial charge on any atom is -0.359 e. The summed E-state index contributed by atoms with van der Waals surface area (Å²) in [5.74, 6) is 0.731. The van der Waals surface area contributed by atoms with Crippen molar-refractivity contribution < 1.29 is 4.79 Å². The van der Waals surface area contributed by atoms with Gasteiger partial charge in [0.2, 0.25) is 0 Å². The van der Waals surface area contributed by atoms with Crippen LogP contribution in [0.15, 0.2) is 36.0 Å². The molecule has 4 heterocycles. The van der Waals surface area contributed by atoms with Gasteiger partial charge in [-0.25, -0.2) is 9.78 Å². The summed E-state index contributed by atoms with van der Waals surface area (Å²) < 4.78 is 1.90. The molecule has 0 radical (unpaired) electrons. The highest BCUT2D eigenvalue weighted by atomic mass is 32.1. The first-order valence-corrected chi connectivity index (χ1v) is 9.60. The molecular formula is C17H21N7OS. The van der Waals surface area contributed by atoms with Crippen LogP contribution in [-0.2, 0) is 0 Å². The quantitative estimate of drug-likeness (QED) is 0.736. The molecule has 0 aromatic carbocycles. The monoisotopic (exact) mass is 371 g/mol. The Bertz CT molecular complexity index is 870. The summed E-state index contributed by atoms with van der Waals surface area (Å²) in [6.07, 6.45) is 5.53. The third kappa shape index (κ3) is 3.48. The number of likely N-dealkylation sites (tertiary alicyclic amines) is 1. The SMILES string of the molecule is CC(NC(=O)N1CCC(Nc2nccs2)CC1)c1nnc2ccccn12. The van der Waals surface area contributed by atoms with Crippen LogP contribution in [0.25, 0.3) is 5.65 Å². The van der Waals surface area contributed by atoms with Crippen molar-refractivity contribution in [3.05, 3.63) is 41.8 Å². The first kappa shape index (κ1) is 16.8. The maximum absolute atomic E-state index is 12.6. The van der Waals surface area contributed by atoms with E-state index in [4.69, 9.17) is 0 Å². The maximum Gasteiger partial charge on any atom is 0.317 e. The zero-order chi connectivity index (χ0) is 17.9. The third-order valence-corrected chi connectivity index (χ3v) is 5.31. The van der Waals surface area contributed by atoms with Gasteiger partial charge < -0.3 is 15.5 Å². The lowest BCUT2D eigenvalue weighted by atomic mass is 10.1. The van der Waals surface area contributed by atoms with E-state index < -0.39 is 0 Å². The highest BCUT2D eigenvalue weighted by Crippen LogP contribution is 2.19. The molecule has 26 heavy (non-hydrogen) atoms. The molecule has 4 rings (SSSR count). The van der Waals surface area contributed by atoms with E-state index in [0.29, 0.717) is 6.04 Å². The van der Waals surface area contributed by atoms with E-state index in [1.807, 2.05) is 46.0 Å². The van der Waals surface area contributed by atoms with Gasteiger partial charge in [0, 0.05) is 36.9 Å². The topological polar surface area (TPSA) is 87.5 Å². The van der Waals surface area contributed by atoms with Crippen LogP contribution in [0.2, 0.25) is 0 Å². The Kier molecular flexibility index (Phi) is 4.70. The van der Waals surface area contributed by atoms with Crippen molar-refractivity contribution >= 4 is 28.1 Å². The highest BCUT2D eigenvalue weighted by molar-refractivity contribution is 7.13. The molecular weight excluding hydrogens is 350 g/mol.